The lowest BCUT2D eigenvalue weighted by molar-refractivity contribution is -0.120. The highest BCUT2D eigenvalue weighted by atomic mass is 16.2. The summed E-state index contributed by atoms with van der Waals surface area (Å²) in [5.74, 6) is -0.0495. The molecule has 0 saturated heterocycles. The number of aryl methyl sites for hydroxylation is 3. The molecule has 28 heavy (non-hydrogen) atoms. The SMILES string of the molecule is Cc1ccc(NC(=O)C2CCc3[nH]n(-c4ccccc4)c(=O)c3CC2)c(C)c1. The van der Waals surface area contributed by atoms with Crippen LogP contribution in [0.1, 0.15) is 35.2 Å². The van der Waals surface area contributed by atoms with E-state index < -0.39 is 0 Å². The minimum absolute atomic E-state index is 0.00311. The van der Waals surface area contributed by atoms with Crippen molar-refractivity contribution in [1.29, 1.82) is 0 Å². The Bertz CT molecular complexity index is 1060. The number of nitrogens with one attached hydrogen (secondary N) is 2. The number of rotatable bonds is 3. The van der Waals surface area contributed by atoms with E-state index in [2.05, 4.69) is 16.5 Å². The molecule has 5 nitrogen and oxygen atoms in total. The van der Waals surface area contributed by atoms with Crippen molar-refractivity contribution >= 4 is 11.6 Å². The van der Waals surface area contributed by atoms with Gasteiger partial charge in [-0.3, -0.25) is 14.7 Å². The number of nitrogens with zero attached hydrogens (tertiary/aromatic N) is 1. The van der Waals surface area contributed by atoms with Crippen LogP contribution in [0.4, 0.5) is 5.69 Å². The van der Waals surface area contributed by atoms with Gasteiger partial charge in [0.1, 0.15) is 0 Å². The molecule has 3 aromatic rings. The van der Waals surface area contributed by atoms with Crippen molar-refractivity contribution in [2.45, 2.75) is 39.5 Å². The number of para-hydroxylation sites is 1. The van der Waals surface area contributed by atoms with E-state index in [1.807, 2.05) is 56.3 Å². The highest BCUT2D eigenvalue weighted by Gasteiger charge is 2.26. The Balaban J connectivity index is 1.49. The van der Waals surface area contributed by atoms with Crippen LogP contribution < -0.4 is 10.9 Å². The van der Waals surface area contributed by atoms with Gasteiger partial charge in [0.25, 0.3) is 5.56 Å². The van der Waals surface area contributed by atoms with Gasteiger partial charge in [-0.2, -0.15) is 0 Å². The molecule has 1 aliphatic rings. The van der Waals surface area contributed by atoms with Crippen molar-refractivity contribution in [2.75, 3.05) is 5.32 Å². The maximum absolute atomic E-state index is 12.8. The summed E-state index contributed by atoms with van der Waals surface area (Å²) >= 11 is 0. The summed E-state index contributed by atoms with van der Waals surface area (Å²) in [7, 11) is 0. The Kier molecular flexibility index (Phi) is 4.90. The average Bonchev–Trinajstić information content (AvgIpc) is 2.87. The van der Waals surface area contributed by atoms with Gasteiger partial charge in [-0.05, 0) is 63.3 Å². The van der Waals surface area contributed by atoms with Gasteiger partial charge in [0.2, 0.25) is 5.91 Å². The number of aromatic nitrogens is 2. The summed E-state index contributed by atoms with van der Waals surface area (Å²) < 4.78 is 1.61. The maximum atomic E-state index is 12.8. The molecule has 144 valence electrons. The normalized spacial score (nSPS) is 16.3. The summed E-state index contributed by atoms with van der Waals surface area (Å²) in [6.45, 7) is 4.05. The first-order chi connectivity index (χ1) is 13.5. The van der Waals surface area contributed by atoms with E-state index in [-0.39, 0.29) is 17.4 Å². The lowest BCUT2D eigenvalue weighted by Crippen LogP contribution is -2.24. The Labute approximate surface area is 164 Å². The molecule has 0 fully saturated rings. The molecule has 1 heterocycles. The molecule has 5 heteroatoms. The van der Waals surface area contributed by atoms with E-state index in [4.69, 9.17) is 0 Å². The number of hydrogen-bond donors (Lipinski definition) is 2. The maximum Gasteiger partial charge on any atom is 0.274 e. The van der Waals surface area contributed by atoms with E-state index in [1.165, 1.54) is 5.56 Å². The standard InChI is InChI=1S/C23H25N3O2/c1-15-8-12-20(16(2)14-15)24-22(27)17-9-11-19-21(13-10-17)25-26(23(19)28)18-6-4-3-5-7-18/h3-8,12,14,17,25H,9-11,13H2,1-2H3,(H,24,27). The first kappa shape index (κ1) is 18.3. The second kappa shape index (κ2) is 7.50. The average molecular weight is 375 g/mol. The molecule has 0 spiro atoms. The van der Waals surface area contributed by atoms with E-state index in [1.54, 1.807) is 4.68 Å². The fourth-order valence-corrected chi connectivity index (χ4v) is 3.97. The highest BCUT2D eigenvalue weighted by Crippen LogP contribution is 2.25. The number of carbonyl (C=O) groups excluding carboxylic acids is 1. The van der Waals surface area contributed by atoms with Crippen molar-refractivity contribution in [3.8, 4) is 5.69 Å². The third-order valence-corrected chi connectivity index (χ3v) is 5.58. The molecule has 0 aliphatic heterocycles. The zero-order valence-electron chi connectivity index (χ0n) is 16.3. The van der Waals surface area contributed by atoms with Gasteiger partial charge in [0, 0.05) is 22.9 Å². The molecule has 0 radical (unpaired) electrons. The van der Waals surface area contributed by atoms with Crippen LogP contribution in [0.5, 0.6) is 0 Å². The summed E-state index contributed by atoms with van der Waals surface area (Å²) in [6, 6.07) is 15.6. The molecule has 1 aromatic heterocycles. The predicted molar refractivity (Wildman–Crippen MR) is 111 cm³/mol. The number of benzene rings is 2. The monoisotopic (exact) mass is 375 g/mol. The molecule has 0 saturated carbocycles. The predicted octanol–water partition coefficient (Wildman–Crippen LogP) is 3.92. The lowest BCUT2D eigenvalue weighted by Gasteiger charge is -2.16. The second-order valence-corrected chi connectivity index (χ2v) is 7.63. The fourth-order valence-electron chi connectivity index (χ4n) is 3.97. The Morgan fingerprint density at radius 1 is 1.07 bits per heavy atom. The van der Waals surface area contributed by atoms with Crippen LogP contribution in [-0.4, -0.2) is 15.7 Å². The molecule has 1 aliphatic carbocycles. The Hall–Kier alpha value is -3.08. The van der Waals surface area contributed by atoms with Gasteiger partial charge in [0.05, 0.1) is 5.69 Å². The summed E-state index contributed by atoms with van der Waals surface area (Å²) in [4.78, 5) is 25.6. The summed E-state index contributed by atoms with van der Waals surface area (Å²) in [5, 5.41) is 6.33. The van der Waals surface area contributed by atoms with Crippen molar-refractivity contribution in [3.05, 3.63) is 81.3 Å². The van der Waals surface area contributed by atoms with Crippen LogP contribution in [0, 0.1) is 19.8 Å². The lowest BCUT2D eigenvalue weighted by atomic mass is 9.98. The van der Waals surface area contributed by atoms with E-state index in [0.717, 1.165) is 34.6 Å². The number of aromatic amines is 1. The summed E-state index contributed by atoms with van der Waals surface area (Å²) in [5.41, 5.74) is 5.71. The van der Waals surface area contributed by atoms with Crippen molar-refractivity contribution in [2.24, 2.45) is 5.92 Å². The van der Waals surface area contributed by atoms with Crippen LogP contribution in [0.15, 0.2) is 53.3 Å². The highest BCUT2D eigenvalue weighted by molar-refractivity contribution is 5.93. The van der Waals surface area contributed by atoms with E-state index in [0.29, 0.717) is 19.3 Å². The van der Waals surface area contributed by atoms with Gasteiger partial charge in [0.15, 0.2) is 0 Å². The molecule has 1 atom stereocenters. The van der Waals surface area contributed by atoms with Crippen molar-refractivity contribution in [1.82, 2.24) is 9.78 Å². The van der Waals surface area contributed by atoms with E-state index >= 15 is 0 Å². The van der Waals surface area contributed by atoms with E-state index in [9.17, 15) is 9.59 Å². The number of anilines is 1. The molecule has 2 aromatic carbocycles. The third-order valence-electron chi connectivity index (χ3n) is 5.58. The quantitative estimate of drug-likeness (QED) is 0.682. The summed E-state index contributed by atoms with van der Waals surface area (Å²) in [6.07, 6.45) is 2.74. The molecular weight excluding hydrogens is 350 g/mol. The minimum Gasteiger partial charge on any atom is -0.326 e. The molecule has 0 bridgehead atoms. The van der Waals surface area contributed by atoms with Gasteiger partial charge >= 0.3 is 0 Å². The van der Waals surface area contributed by atoms with Crippen molar-refractivity contribution in [3.63, 3.8) is 0 Å². The van der Waals surface area contributed by atoms with Crippen molar-refractivity contribution < 1.29 is 4.79 Å². The third kappa shape index (κ3) is 3.52. The van der Waals surface area contributed by atoms with Gasteiger partial charge < -0.3 is 5.32 Å². The number of hydrogen-bond acceptors (Lipinski definition) is 2. The van der Waals surface area contributed by atoms with Crippen LogP contribution in [0.2, 0.25) is 0 Å². The number of carbonyl (C=O) groups is 1. The van der Waals surface area contributed by atoms with Gasteiger partial charge in [-0.25, -0.2) is 4.68 Å². The number of H-pyrrole nitrogens is 1. The minimum atomic E-state index is -0.0916. The topological polar surface area (TPSA) is 66.9 Å². The van der Waals surface area contributed by atoms with Crippen LogP contribution in [0.25, 0.3) is 5.69 Å². The second-order valence-electron chi connectivity index (χ2n) is 7.63. The smallest absolute Gasteiger partial charge is 0.274 e. The van der Waals surface area contributed by atoms with Gasteiger partial charge in [-0.1, -0.05) is 35.9 Å². The van der Waals surface area contributed by atoms with Crippen LogP contribution in [0.3, 0.4) is 0 Å². The van der Waals surface area contributed by atoms with Gasteiger partial charge in [-0.15, -0.1) is 0 Å². The first-order valence-corrected chi connectivity index (χ1v) is 9.79. The Morgan fingerprint density at radius 2 is 1.82 bits per heavy atom. The zero-order valence-corrected chi connectivity index (χ0v) is 16.3. The largest absolute Gasteiger partial charge is 0.326 e. The molecule has 1 amide bonds. The zero-order chi connectivity index (χ0) is 19.7. The Morgan fingerprint density at radius 3 is 2.57 bits per heavy atom. The fraction of sp³-hybridized carbons (Fsp3) is 0.304. The first-order valence-electron chi connectivity index (χ1n) is 9.79. The number of fused-ring (bicyclic) bond motifs is 1. The van der Waals surface area contributed by atoms with Crippen LogP contribution >= 0.6 is 0 Å². The number of amides is 1. The molecule has 1 unspecified atom stereocenters. The molecular formula is C23H25N3O2. The molecule has 2 N–H and O–H groups in total. The van der Waals surface area contributed by atoms with Crippen LogP contribution in [-0.2, 0) is 17.6 Å². The molecule has 4 rings (SSSR count).